The van der Waals surface area contributed by atoms with Crippen LogP contribution in [0.3, 0.4) is 0 Å². The van der Waals surface area contributed by atoms with Gasteiger partial charge in [0.15, 0.2) is 0 Å². The van der Waals surface area contributed by atoms with Crippen molar-refractivity contribution in [3.05, 3.63) is 56.4 Å². The summed E-state index contributed by atoms with van der Waals surface area (Å²) in [5, 5.41) is 13.4. The van der Waals surface area contributed by atoms with E-state index in [0.717, 1.165) is 0 Å². The Hall–Kier alpha value is -2.54. The fourth-order valence-electron chi connectivity index (χ4n) is 1.72. The first kappa shape index (κ1) is 14.9. The fraction of sp³-hybridized carbons (Fsp3) is 0.154. The van der Waals surface area contributed by atoms with Crippen LogP contribution in [0.25, 0.3) is 0 Å². The third-order valence-electron chi connectivity index (χ3n) is 2.72. The minimum absolute atomic E-state index is 0.0518. The van der Waals surface area contributed by atoms with E-state index in [4.69, 9.17) is 11.6 Å². The van der Waals surface area contributed by atoms with Gasteiger partial charge in [-0.1, -0.05) is 17.7 Å². The lowest BCUT2D eigenvalue weighted by Crippen LogP contribution is -2.16. The number of nitrogens with one attached hydrogen (secondary N) is 1. The standard InChI is InChI=1S/C13H11ClN4O3/c1-7-3-4-9(18(20)21)6-10(7)12(19)17-13-15-8(2)5-11(14)16-13/h3-6H,1-2H3,(H,15,16,17,19). The number of hydrogen-bond acceptors (Lipinski definition) is 5. The number of hydrogen-bond donors (Lipinski definition) is 1. The van der Waals surface area contributed by atoms with Crippen LogP contribution in [0.2, 0.25) is 5.15 Å². The monoisotopic (exact) mass is 306 g/mol. The van der Waals surface area contributed by atoms with E-state index in [-0.39, 0.29) is 22.4 Å². The molecule has 8 heteroatoms. The molecule has 7 nitrogen and oxygen atoms in total. The zero-order valence-corrected chi connectivity index (χ0v) is 12.0. The number of aromatic nitrogens is 2. The maximum atomic E-state index is 12.2. The first-order valence-electron chi connectivity index (χ1n) is 5.94. The maximum absolute atomic E-state index is 12.2. The van der Waals surface area contributed by atoms with E-state index in [0.29, 0.717) is 11.3 Å². The Bertz CT molecular complexity index is 713. The summed E-state index contributed by atoms with van der Waals surface area (Å²) in [4.78, 5) is 30.3. The lowest BCUT2D eigenvalue weighted by atomic mass is 10.1. The lowest BCUT2D eigenvalue weighted by molar-refractivity contribution is -0.384. The van der Waals surface area contributed by atoms with Crippen molar-refractivity contribution in [3.8, 4) is 0 Å². The molecular formula is C13H11ClN4O3. The molecule has 1 heterocycles. The second-order valence-corrected chi connectivity index (χ2v) is 4.75. The molecule has 0 bridgehead atoms. The summed E-state index contributed by atoms with van der Waals surface area (Å²) in [5.74, 6) is -0.478. The van der Waals surface area contributed by atoms with Crippen LogP contribution in [0.15, 0.2) is 24.3 Å². The zero-order valence-electron chi connectivity index (χ0n) is 11.3. The lowest BCUT2D eigenvalue weighted by Gasteiger charge is -2.07. The fourth-order valence-corrected chi connectivity index (χ4v) is 1.96. The molecule has 108 valence electrons. The Morgan fingerprint density at radius 1 is 1.29 bits per heavy atom. The molecule has 0 radical (unpaired) electrons. The summed E-state index contributed by atoms with van der Waals surface area (Å²) in [6.07, 6.45) is 0. The smallest absolute Gasteiger partial charge is 0.270 e. The molecule has 0 aliphatic heterocycles. The van der Waals surface area contributed by atoms with Crippen LogP contribution in [0.4, 0.5) is 11.6 Å². The minimum Gasteiger partial charge on any atom is -0.290 e. The summed E-state index contributed by atoms with van der Waals surface area (Å²) < 4.78 is 0. The van der Waals surface area contributed by atoms with Crippen LogP contribution < -0.4 is 5.32 Å². The molecule has 21 heavy (non-hydrogen) atoms. The van der Waals surface area contributed by atoms with Crippen molar-refractivity contribution < 1.29 is 9.72 Å². The second kappa shape index (κ2) is 5.84. The normalized spacial score (nSPS) is 10.2. The molecule has 0 fully saturated rings. The SMILES string of the molecule is Cc1cc(Cl)nc(NC(=O)c2cc([N+](=O)[O-])ccc2C)n1. The largest absolute Gasteiger partial charge is 0.290 e. The van der Waals surface area contributed by atoms with Crippen molar-refractivity contribution in [1.29, 1.82) is 0 Å². The van der Waals surface area contributed by atoms with Crippen LogP contribution in [-0.2, 0) is 0 Å². The van der Waals surface area contributed by atoms with Crippen LogP contribution >= 0.6 is 11.6 Å². The summed E-state index contributed by atoms with van der Waals surface area (Å²) in [5.41, 5.74) is 1.23. The van der Waals surface area contributed by atoms with E-state index in [2.05, 4.69) is 15.3 Å². The predicted molar refractivity (Wildman–Crippen MR) is 77.6 cm³/mol. The van der Waals surface area contributed by atoms with Crippen molar-refractivity contribution in [1.82, 2.24) is 9.97 Å². The van der Waals surface area contributed by atoms with E-state index in [1.807, 2.05) is 0 Å². The Morgan fingerprint density at radius 2 is 2.00 bits per heavy atom. The molecule has 0 saturated heterocycles. The third kappa shape index (κ3) is 3.51. The van der Waals surface area contributed by atoms with Crippen LogP contribution in [-0.4, -0.2) is 20.8 Å². The van der Waals surface area contributed by atoms with E-state index in [1.54, 1.807) is 19.9 Å². The molecule has 0 spiro atoms. The molecule has 0 atom stereocenters. The molecule has 2 aromatic rings. The zero-order chi connectivity index (χ0) is 15.6. The minimum atomic E-state index is -0.559. The average Bonchev–Trinajstić information content (AvgIpc) is 2.37. The van der Waals surface area contributed by atoms with Crippen LogP contribution in [0, 0.1) is 24.0 Å². The molecule has 2 rings (SSSR count). The van der Waals surface area contributed by atoms with E-state index in [9.17, 15) is 14.9 Å². The van der Waals surface area contributed by atoms with Crippen molar-refractivity contribution in [3.63, 3.8) is 0 Å². The van der Waals surface area contributed by atoms with E-state index < -0.39 is 10.8 Å². The number of non-ortho nitro benzene ring substituents is 1. The number of amides is 1. The molecule has 1 N–H and O–H groups in total. The number of carbonyl (C=O) groups is 1. The Labute approximate surface area is 125 Å². The van der Waals surface area contributed by atoms with Crippen molar-refractivity contribution in [2.75, 3.05) is 5.32 Å². The molecule has 0 aliphatic carbocycles. The topological polar surface area (TPSA) is 98.0 Å². The quantitative estimate of drug-likeness (QED) is 0.534. The van der Waals surface area contributed by atoms with Gasteiger partial charge in [0, 0.05) is 23.4 Å². The highest BCUT2D eigenvalue weighted by atomic mass is 35.5. The van der Waals surface area contributed by atoms with Crippen LogP contribution in [0.5, 0.6) is 0 Å². The number of benzene rings is 1. The van der Waals surface area contributed by atoms with E-state index in [1.165, 1.54) is 18.2 Å². The number of carbonyl (C=O) groups excluding carboxylic acids is 1. The Morgan fingerprint density at radius 3 is 2.62 bits per heavy atom. The second-order valence-electron chi connectivity index (χ2n) is 4.37. The van der Waals surface area contributed by atoms with Gasteiger partial charge in [-0.25, -0.2) is 9.97 Å². The summed E-state index contributed by atoms with van der Waals surface area (Å²) in [7, 11) is 0. The molecular weight excluding hydrogens is 296 g/mol. The van der Waals surface area contributed by atoms with Crippen molar-refractivity contribution in [2.45, 2.75) is 13.8 Å². The average molecular weight is 307 g/mol. The Kier molecular flexibility index (Phi) is 4.13. The number of aryl methyl sites for hydroxylation is 2. The van der Waals surface area contributed by atoms with Gasteiger partial charge in [0.1, 0.15) is 5.15 Å². The van der Waals surface area contributed by atoms with Gasteiger partial charge in [-0.3, -0.25) is 20.2 Å². The first-order chi connectivity index (χ1) is 9.86. The van der Waals surface area contributed by atoms with Crippen LogP contribution in [0.1, 0.15) is 21.6 Å². The molecule has 1 aromatic heterocycles. The highest BCUT2D eigenvalue weighted by molar-refractivity contribution is 6.29. The molecule has 1 aromatic carbocycles. The number of halogens is 1. The molecule has 0 saturated carbocycles. The van der Waals surface area contributed by atoms with Gasteiger partial charge in [0.25, 0.3) is 11.6 Å². The number of nitro groups is 1. The summed E-state index contributed by atoms with van der Waals surface area (Å²) in [6.45, 7) is 3.39. The van der Waals surface area contributed by atoms with E-state index >= 15 is 0 Å². The number of nitro benzene ring substituents is 1. The Balaban J connectivity index is 2.31. The predicted octanol–water partition coefficient (Wildman–Crippen LogP) is 2.91. The number of rotatable bonds is 3. The number of anilines is 1. The molecule has 0 unspecified atom stereocenters. The van der Waals surface area contributed by atoms with Gasteiger partial charge >= 0.3 is 0 Å². The van der Waals surface area contributed by atoms with Gasteiger partial charge in [-0.15, -0.1) is 0 Å². The highest BCUT2D eigenvalue weighted by Crippen LogP contribution is 2.18. The van der Waals surface area contributed by atoms with Crippen molar-refractivity contribution >= 4 is 29.1 Å². The third-order valence-corrected chi connectivity index (χ3v) is 2.92. The number of nitrogens with zero attached hydrogens (tertiary/aromatic N) is 3. The van der Waals surface area contributed by atoms with Gasteiger partial charge in [0.05, 0.1) is 4.92 Å². The highest BCUT2D eigenvalue weighted by Gasteiger charge is 2.16. The van der Waals surface area contributed by atoms with Crippen molar-refractivity contribution in [2.24, 2.45) is 0 Å². The first-order valence-corrected chi connectivity index (χ1v) is 6.32. The van der Waals surface area contributed by atoms with Gasteiger partial charge in [-0.05, 0) is 25.5 Å². The molecule has 0 aliphatic rings. The molecule has 1 amide bonds. The van der Waals surface area contributed by atoms with Gasteiger partial charge < -0.3 is 0 Å². The summed E-state index contributed by atoms with van der Waals surface area (Å²) in [6, 6.07) is 5.61. The maximum Gasteiger partial charge on any atom is 0.270 e. The summed E-state index contributed by atoms with van der Waals surface area (Å²) >= 11 is 5.79. The van der Waals surface area contributed by atoms with Gasteiger partial charge in [0.2, 0.25) is 5.95 Å². The van der Waals surface area contributed by atoms with Gasteiger partial charge in [-0.2, -0.15) is 0 Å².